The molecule has 0 aromatic rings. The zero-order chi connectivity index (χ0) is 6.41. The van der Waals surface area contributed by atoms with Crippen molar-refractivity contribution in [3.05, 3.63) is 12.2 Å². The van der Waals surface area contributed by atoms with E-state index in [0.717, 1.165) is 12.8 Å². The molecule has 0 aliphatic carbocycles. The molecule has 0 aromatic heterocycles. The summed E-state index contributed by atoms with van der Waals surface area (Å²) >= 11 is 0. The number of allylic oxidation sites excluding steroid dienone is 1. The highest BCUT2D eigenvalue weighted by molar-refractivity contribution is 4.89. The Morgan fingerprint density at radius 2 is 2.12 bits per heavy atom. The Morgan fingerprint density at radius 1 is 1.50 bits per heavy atom. The molecule has 0 fully saturated rings. The average Bonchev–Trinajstić information content (AvgIpc) is 1.83. The zero-order valence-electron chi connectivity index (χ0n) is 5.72. The van der Waals surface area contributed by atoms with E-state index in [1.54, 1.807) is 0 Å². The fourth-order valence-electron chi connectivity index (χ4n) is 0.447. The Hall–Kier alpha value is -0.300. The molecule has 0 aromatic carbocycles. The molecule has 0 aliphatic heterocycles. The summed E-state index contributed by atoms with van der Waals surface area (Å²) in [5.74, 6) is 0. The Bertz CT molecular complexity index is 66.8. The molecule has 0 bridgehead atoms. The van der Waals surface area contributed by atoms with Gasteiger partial charge in [-0.25, -0.2) is 0 Å². The smallest absolute Gasteiger partial charge is 0.0221 e. The normalized spacial score (nSPS) is 14.9. The molecule has 0 rings (SSSR count). The van der Waals surface area contributed by atoms with E-state index >= 15 is 0 Å². The van der Waals surface area contributed by atoms with Crippen LogP contribution in [0.4, 0.5) is 0 Å². The highest BCUT2D eigenvalue weighted by Gasteiger charge is 1.86. The molecule has 0 saturated carbocycles. The van der Waals surface area contributed by atoms with Crippen LogP contribution in [0.15, 0.2) is 12.2 Å². The number of rotatable bonds is 3. The molecule has 0 amide bonds. The first-order chi connectivity index (χ1) is 3.81. The predicted molar refractivity (Wildman–Crippen MR) is 37.7 cm³/mol. The van der Waals surface area contributed by atoms with Crippen LogP contribution in [0.1, 0.15) is 26.7 Å². The van der Waals surface area contributed by atoms with E-state index in [-0.39, 0.29) is 6.04 Å². The van der Waals surface area contributed by atoms with Crippen LogP contribution in [-0.4, -0.2) is 6.04 Å². The zero-order valence-corrected chi connectivity index (χ0v) is 5.72. The highest BCUT2D eigenvalue weighted by atomic mass is 14.6. The number of hydrogen-bond acceptors (Lipinski definition) is 1. The first-order valence-corrected chi connectivity index (χ1v) is 3.23. The molecule has 0 spiro atoms. The SMILES string of the molecule is CC/C=C/[C@@H](N)CC. The minimum Gasteiger partial charge on any atom is -0.324 e. The van der Waals surface area contributed by atoms with E-state index < -0.39 is 0 Å². The van der Waals surface area contributed by atoms with Gasteiger partial charge >= 0.3 is 0 Å². The average molecular weight is 113 g/mol. The maximum atomic E-state index is 5.57. The molecular weight excluding hydrogens is 98.1 g/mol. The molecule has 2 N–H and O–H groups in total. The van der Waals surface area contributed by atoms with Gasteiger partial charge in [0.2, 0.25) is 0 Å². The van der Waals surface area contributed by atoms with Crippen molar-refractivity contribution in [2.24, 2.45) is 5.73 Å². The Labute approximate surface area is 51.6 Å². The van der Waals surface area contributed by atoms with E-state index in [9.17, 15) is 0 Å². The van der Waals surface area contributed by atoms with Gasteiger partial charge in [0.1, 0.15) is 0 Å². The Kier molecular flexibility index (Phi) is 4.67. The maximum Gasteiger partial charge on any atom is 0.0221 e. The third-order valence-electron chi connectivity index (χ3n) is 1.09. The molecule has 0 heterocycles. The first kappa shape index (κ1) is 7.70. The van der Waals surface area contributed by atoms with Gasteiger partial charge in [-0.2, -0.15) is 0 Å². The van der Waals surface area contributed by atoms with Crippen LogP contribution >= 0.6 is 0 Å². The topological polar surface area (TPSA) is 26.0 Å². The van der Waals surface area contributed by atoms with Gasteiger partial charge in [-0.1, -0.05) is 26.0 Å². The van der Waals surface area contributed by atoms with Crippen molar-refractivity contribution in [3.63, 3.8) is 0 Å². The number of hydrogen-bond donors (Lipinski definition) is 1. The predicted octanol–water partition coefficient (Wildman–Crippen LogP) is 1.69. The van der Waals surface area contributed by atoms with E-state index in [1.807, 2.05) is 0 Å². The van der Waals surface area contributed by atoms with Crippen LogP contribution in [0.5, 0.6) is 0 Å². The van der Waals surface area contributed by atoms with Crippen molar-refractivity contribution in [3.8, 4) is 0 Å². The molecule has 48 valence electrons. The summed E-state index contributed by atoms with van der Waals surface area (Å²) < 4.78 is 0. The van der Waals surface area contributed by atoms with Crippen LogP contribution < -0.4 is 5.73 Å². The van der Waals surface area contributed by atoms with Gasteiger partial charge in [0, 0.05) is 6.04 Å². The summed E-state index contributed by atoms with van der Waals surface area (Å²) in [6, 6.07) is 0.273. The third-order valence-corrected chi connectivity index (χ3v) is 1.09. The molecular formula is C7H15N. The molecule has 8 heavy (non-hydrogen) atoms. The summed E-state index contributed by atoms with van der Waals surface area (Å²) in [7, 11) is 0. The fourth-order valence-corrected chi connectivity index (χ4v) is 0.447. The van der Waals surface area contributed by atoms with Crippen molar-refractivity contribution in [1.29, 1.82) is 0 Å². The third kappa shape index (κ3) is 3.88. The van der Waals surface area contributed by atoms with Gasteiger partial charge in [0.05, 0.1) is 0 Å². The molecule has 0 aliphatic rings. The van der Waals surface area contributed by atoms with Crippen LogP contribution in [0.2, 0.25) is 0 Å². The molecule has 1 heteroatoms. The fraction of sp³-hybridized carbons (Fsp3) is 0.714. The van der Waals surface area contributed by atoms with Crippen molar-refractivity contribution in [2.75, 3.05) is 0 Å². The maximum absolute atomic E-state index is 5.57. The van der Waals surface area contributed by atoms with E-state index in [2.05, 4.69) is 26.0 Å². The van der Waals surface area contributed by atoms with Crippen molar-refractivity contribution in [2.45, 2.75) is 32.7 Å². The second-order valence-electron chi connectivity index (χ2n) is 1.91. The first-order valence-electron chi connectivity index (χ1n) is 3.23. The largest absolute Gasteiger partial charge is 0.324 e. The standard InChI is InChI=1S/C7H15N/c1-3-5-6-7(8)4-2/h5-7H,3-4,8H2,1-2H3/b6-5+/t7-/m0/s1. The van der Waals surface area contributed by atoms with Gasteiger partial charge in [-0.15, -0.1) is 0 Å². The molecule has 1 atom stereocenters. The summed E-state index contributed by atoms with van der Waals surface area (Å²) in [6.07, 6.45) is 6.29. The van der Waals surface area contributed by atoms with E-state index in [1.165, 1.54) is 0 Å². The van der Waals surface area contributed by atoms with Crippen LogP contribution in [-0.2, 0) is 0 Å². The lowest BCUT2D eigenvalue weighted by atomic mass is 10.2. The van der Waals surface area contributed by atoms with Crippen LogP contribution in [0.25, 0.3) is 0 Å². The van der Waals surface area contributed by atoms with Crippen LogP contribution in [0, 0.1) is 0 Å². The van der Waals surface area contributed by atoms with Crippen LogP contribution in [0.3, 0.4) is 0 Å². The van der Waals surface area contributed by atoms with Crippen molar-refractivity contribution in [1.82, 2.24) is 0 Å². The number of nitrogens with two attached hydrogens (primary N) is 1. The van der Waals surface area contributed by atoms with Gasteiger partial charge in [-0.05, 0) is 12.8 Å². The quantitative estimate of drug-likeness (QED) is 0.554. The summed E-state index contributed by atoms with van der Waals surface area (Å²) in [6.45, 7) is 4.20. The summed E-state index contributed by atoms with van der Waals surface area (Å²) in [5.41, 5.74) is 5.57. The molecule has 0 radical (unpaired) electrons. The lowest BCUT2D eigenvalue weighted by molar-refractivity contribution is 0.779. The van der Waals surface area contributed by atoms with Crippen molar-refractivity contribution >= 4 is 0 Å². The Morgan fingerprint density at radius 3 is 2.50 bits per heavy atom. The summed E-state index contributed by atoms with van der Waals surface area (Å²) in [5, 5.41) is 0. The van der Waals surface area contributed by atoms with Crippen molar-refractivity contribution < 1.29 is 0 Å². The van der Waals surface area contributed by atoms with E-state index in [0.29, 0.717) is 0 Å². The second-order valence-corrected chi connectivity index (χ2v) is 1.91. The van der Waals surface area contributed by atoms with Gasteiger partial charge in [-0.3, -0.25) is 0 Å². The van der Waals surface area contributed by atoms with Gasteiger partial charge in [0.25, 0.3) is 0 Å². The lowest BCUT2D eigenvalue weighted by Crippen LogP contribution is -2.14. The molecule has 0 saturated heterocycles. The lowest BCUT2D eigenvalue weighted by Gasteiger charge is -1.97. The molecule has 0 unspecified atom stereocenters. The summed E-state index contributed by atoms with van der Waals surface area (Å²) in [4.78, 5) is 0. The molecule has 1 nitrogen and oxygen atoms in total. The minimum atomic E-state index is 0.273. The monoisotopic (exact) mass is 113 g/mol. The van der Waals surface area contributed by atoms with Gasteiger partial charge < -0.3 is 5.73 Å². The second kappa shape index (κ2) is 4.85. The minimum absolute atomic E-state index is 0.273. The van der Waals surface area contributed by atoms with Gasteiger partial charge in [0.15, 0.2) is 0 Å². The van der Waals surface area contributed by atoms with E-state index in [4.69, 9.17) is 5.73 Å². The Balaban J connectivity index is 3.21. The highest BCUT2D eigenvalue weighted by Crippen LogP contribution is 1.88.